The molecular formula is C15H12F2N2. The van der Waals surface area contributed by atoms with E-state index in [0.29, 0.717) is 5.69 Å². The van der Waals surface area contributed by atoms with E-state index in [1.54, 1.807) is 18.2 Å². The molecule has 2 aromatic carbocycles. The van der Waals surface area contributed by atoms with Gasteiger partial charge in [0, 0.05) is 11.7 Å². The molecule has 0 fully saturated rings. The average Bonchev–Trinajstić information content (AvgIpc) is 2.38. The summed E-state index contributed by atoms with van der Waals surface area (Å²) in [5, 5.41) is 11.9. The summed E-state index contributed by atoms with van der Waals surface area (Å²) in [5.74, 6) is -0.763. The van der Waals surface area contributed by atoms with Gasteiger partial charge in [-0.2, -0.15) is 5.26 Å². The average molecular weight is 258 g/mol. The first-order valence-corrected chi connectivity index (χ1v) is 5.81. The Balaban J connectivity index is 2.19. The standard InChI is InChI=1S/C15H12F2N2/c1-10(12-2-4-13(16)5-3-12)19-15-7-11(9-18)6-14(17)8-15/h2-8,10,19H,1H3. The molecule has 1 atom stereocenters. The Labute approximate surface area is 110 Å². The zero-order chi connectivity index (χ0) is 13.8. The maximum Gasteiger partial charge on any atom is 0.126 e. The molecule has 0 spiro atoms. The van der Waals surface area contributed by atoms with Crippen LogP contribution in [-0.2, 0) is 0 Å². The number of nitrogens with zero attached hydrogens (tertiary/aromatic N) is 1. The molecule has 4 heteroatoms. The molecule has 2 nitrogen and oxygen atoms in total. The zero-order valence-corrected chi connectivity index (χ0v) is 10.3. The van der Waals surface area contributed by atoms with Crippen molar-refractivity contribution >= 4 is 5.69 Å². The van der Waals surface area contributed by atoms with E-state index >= 15 is 0 Å². The van der Waals surface area contributed by atoms with Gasteiger partial charge < -0.3 is 5.32 Å². The highest BCUT2D eigenvalue weighted by Crippen LogP contribution is 2.21. The molecule has 0 saturated carbocycles. The largest absolute Gasteiger partial charge is 0.378 e. The molecule has 0 aliphatic carbocycles. The van der Waals surface area contributed by atoms with Crippen molar-refractivity contribution in [1.29, 1.82) is 5.26 Å². The fraction of sp³-hybridized carbons (Fsp3) is 0.133. The molecule has 2 aromatic rings. The summed E-state index contributed by atoms with van der Waals surface area (Å²) in [6.45, 7) is 1.88. The Hall–Kier alpha value is -2.41. The van der Waals surface area contributed by atoms with Crippen LogP contribution in [0.3, 0.4) is 0 Å². The monoisotopic (exact) mass is 258 g/mol. The number of anilines is 1. The summed E-state index contributed by atoms with van der Waals surface area (Å²) in [4.78, 5) is 0. The van der Waals surface area contributed by atoms with Crippen LogP contribution in [-0.4, -0.2) is 0 Å². The van der Waals surface area contributed by atoms with Gasteiger partial charge in [-0.1, -0.05) is 12.1 Å². The second-order valence-corrected chi connectivity index (χ2v) is 4.26. The lowest BCUT2D eigenvalue weighted by Crippen LogP contribution is -2.07. The first kappa shape index (κ1) is 13.0. The molecule has 2 rings (SSSR count). The van der Waals surface area contributed by atoms with Crippen molar-refractivity contribution in [3.8, 4) is 6.07 Å². The molecule has 0 heterocycles. The fourth-order valence-electron chi connectivity index (χ4n) is 1.82. The van der Waals surface area contributed by atoms with Gasteiger partial charge in [0.1, 0.15) is 11.6 Å². The number of nitriles is 1. The molecule has 0 aromatic heterocycles. The second kappa shape index (κ2) is 5.49. The summed E-state index contributed by atoms with van der Waals surface area (Å²) in [5.41, 5.74) is 1.66. The first-order valence-electron chi connectivity index (χ1n) is 5.81. The van der Waals surface area contributed by atoms with Crippen molar-refractivity contribution in [2.24, 2.45) is 0 Å². The van der Waals surface area contributed by atoms with E-state index in [-0.39, 0.29) is 17.4 Å². The molecule has 96 valence electrons. The van der Waals surface area contributed by atoms with Crippen LogP contribution in [0.25, 0.3) is 0 Å². The summed E-state index contributed by atoms with van der Waals surface area (Å²) in [7, 11) is 0. The van der Waals surface area contributed by atoms with Crippen molar-refractivity contribution in [1.82, 2.24) is 0 Å². The Morgan fingerprint density at radius 1 is 1.05 bits per heavy atom. The van der Waals surface area contributed by atoms with Crippen molar-refractivity contribution in [2.75, 3.05) is 5.32 Å². The number of hydrogen-bond donors (Lipinski definition) is 1. The van der Waals surface area contributed by atoms with Gasteiger partial charge in [0.15, 0.2) is 0 Å². The minimum absolute atomic E-state index is 0.117. The predicted octanol–water partition coefficient (Wildman–Crippen LogP) is 4.01. The Morgan fingerprint density at radius 2 is 1.74 bits per heavy atom. The fourth-order valence-corrected chi connectivity index (χ4v) is 1.82. The SMILES string of the molecule is CC(Nc1cc(F)cc(C#N)c1)c1ccc(F)cc1. The molecule has 19 heavy (non-hydrogen) atoms. The van der Waals surface area contributed by atoms with Crippen LogP contribution in [0, 0.1) is 23.0 Å². The summed E-state index contributed by atoms with van der Waals surface area (Å²) in [6.07, 6.45) is 0. The highest BCUT2D eigenvalue weighted by atomic mass is 19.1. The molecule has 0 radical (unpaired) electrons. The lowest BCUT2D eigenvalue weighted by atomic mass is 10.1. The minimum Gasteiger partial charge on any atom is -0.378 e. The van der Waals surface area contributed by atoms with E-state index in [2.05, 4.69) is 5.32 Å². The quantitative estimate of drug-likeness (QED) is 0.902. The van der Waals surface area contributed by atoms with Crippen LogP contribution in [0.4, 0.5) is 14.5 Å². The number of nitrogens with one attached hydrogen (secondary N) is 1. The second-order valence-electron chi connectivity index (χ2n) is 4.26. The van der Waals surface area contributed by atoms with E-state index in [1.807, 2.05) is 13.0 Å². The van der Waals surface area contributed by atoms with Crippen molar-refractivity contribution in [3.63, 3.8) is 0 Å². The van der Waals surface area contributed by atoms with Crippen LogP contribution in [0.5, 0.6) is 0 Å². The van der Waals surface area contributed by atoms with Crippen LogP contribution >= 0.6 is 0 Å². The van der Waals surface area contributed by atoms with Crippen LogP contribution in [0.15, 0.2) is 42.5 Å². The van der Waals surface area contributed by atoms with Crippen LogP contribution < -0.4 is 5.32 Å². The molecule has 1 N–H and O–H groups in total. The van der Waals surface area contributed by atoms with E-state index < -0.39 is 5.82 Å². The molecule has 0 amide bonds. The van der Waals surface area contributed by atoms with Crippen molar-refractivity contribution in [2.45, 2.75) is 13.0 Å². The van der Waals surface area contributed by atoms with Gasteiger partial charge in [-0.25, -0.2) is 8.78 Å². The number of rotatable bonds is 3. The van der Waals surface area contributed by atoms with Gasteiger partial charge in [0.05, 0.1) is 11.6 Å². The smallest absolute Gasteiger partial charge is 0.126 e. The topological polar surface area (TPSA) is 35.8 Å². The van der Waals surface area contributed by atoms with Gasteiger partial charge in [-0.3, -0.25) is 0 Å². The van der Waals surface area contributed by atoms with Gasteiger partial charge in [0.2, 0.25) is 0 Å². The van der Waals surface area contributed by atoms with Crippen LogP contribution in [0.2, 0.25) is 0 Å². The number of hydrogen-bond acceptors (Lipinski definition) is 2. The van der Waals surface area contributed by atoms with Gasteiger partial charge in [0.25, 0.3) is 0 Å². The highest BCUT2D eigenvalue weighted by Gasteiger charge is 2.07. The van der Waals surface area contributed by atoms with Crippen LogP contribution in [0.1, 0.15) is 24.1 Å². The maximum atomic E-state index is 13.3. The molecule has 0 aliphatic rings. The lowest BCUT2D eigenvalue weighted by molar-refractivity contribution is 0.626. The molecule has 1 unspecified atom stereocenters. The number of benzene rings is 2. The van der Waals surface area contributed by atoms with E-state index in [0.717, 1.165) is 5.56 Å². The third kappa shape index (κ3) is 3.29. The van der Waals surface area contributed by atoms with Gasteiger partial charge in [-0.05, 0) is 42.8 Å². The van der Waals surface area contributed by atoms with Gasteiger partial charge in [-0.15, -0.1) is 0 Å². The lowest BCUT2D eigenvalue weighted by Gasteiger charge is -2.16. The maximum absolute atomic E-state index is 13.3. The molecule has 0 bridgehead atoms. The van der Waals surface area contributed by atoms with E-state index in [9.17, 15) is 8.78 Å². The van der Waals surface area contributed by atoms with E-state index in [1.165, 1.54) is 24.3 Å². The summed E-state index contributed by atoms with van der Waals surface area (Å²) < 4.78 is 26.1. The Bertz CT molecular complexity index is 615. The van der Waals surface area contributed by atoms with E-state index in [4.69, 9.17) is 5.26 Å². The third-order valence-corrected chi connectivity index (χ3v) is 2.78. The minimum atomic E-state index is -0.465. The zero-order valence-electron chi connectivity index (χ0n) is 10.3. The van der Waals surface area contributed by atoms with Gasteiger partial charge >= 0.3 is 0 Å². The van der Waals surface area contributed by atoms with Crippen molar-refractivity contribution < 1.29 is 8.78 Å². The number of halogens is 2. The predicted molar refractivity (Wildman–Crippen MR) is 69.6 cm³/mol. The Kier molecular flexibility index (Phi) is 3.76. The third-order valence-electron chi connectivity index (χ3n) is 2.78. The first-order chi connectivity index (χ1) is 9.08. The molecular weight excluding hydrogens is 246 g/mol. The van der Waals surface area contributed by atoms with Crippen molar-refractivity contribution in [3.05, 3.63) is 65.2 Å². The summed E-state index contributed by atoms with van der Waals surface area (Å²) in [6, 6.07) is 11.9. The molecule has 0 saturated heterocycles. The normalized spacial score (nSPS) is 11.7. The Morgan fingerprint density at radius 3 is 2.37 bits per heavy atom. The summed E-state index contributed by atoms with van der Waals surface area (Å²) >= 11 is 0. The molecule has 0 aliphatic heterocycles. The highest BCUT2D eigenvalue weighted by molar-refractivity contribution is 5.51.